The van der Waals surface area contributed by atoms with Crippen LogP contribution < -0.4 is 10.6 Å². The Morgan fingerprint density at radius 1 is 1.15 bits per heavy atom. The Balaban J connectivity index is 2.06. The van der Waals surface area contributed by atoms with Crippen LogP contribution in [0, 0.1) is 0 Å². The summed E-state index contributed by atoms with van der Waals surface area (Å²) >= 11 is 5.88. The van der Waals surface area contributed by atoms with Gasteiger partial charge in [-0.1, -0.05) is 11.6 Å². The molecule has 0 saturated heterocycles. The van der Waals surface area contributed by atoms with E-state index < -0.39 is 12.0 Å². The minimum absolute atomic E-state index is 0.0346. The average Bonchev–Trinajstić information content (AvgIpc) is 2.42. The Hall–Kier alpha value is -2.67. The van der Waals surface area contributed by atoms with Crippen LogP contribution >= 0.6 is 11.6 Å². The van der Waals surface area contributed by atoms with Gasteiger partial charge in [-0.3, -0.25) is 5.32 Å². The highest BCUT2D eigenvalue weighted by atomic mass is 35.5. The van der Waals surface area contributed by atoms with Gasteiger partial charge in [0.2, 0.25) is 5.95 Å². The van der Waals surface area contributed by atoms with E-state index in [0.29, 0.717) is 0 Å². The van der Waals surface area contributed by atoms with Crippen LogP contribution in [0.15, 0.2) is 36.7 Å². The van der Waals surface area contributed by atoms with Crippen molar-refractivity contribution in [1.82, 2.24) is 9.97 Å². The van der Waals surface area contributed by atoms with Crippen molar-refractivity contribution >= 4 is 35.2 Å². The molecule has 1 aromatic heterocycles. The molecule has 3 N–H and O–H groups in total. The zero-order valence-corrected chi connectivity index (χ0v) is 10.8. The number of benzene rings is 1. The smallest absolute Gasteiger partial charge is 0.335 e. The molecular formula is C12H9ClN4O3. The largest absolute Gasteiger partial charge is 0.478 e. The predicted octanol–water partition coefficient (Wildman–Crippen LogP) is 2.47. The third kappa shape index (κ3) is 3.42. The van der Waals surface area contributed by atoms with Crippen LogP contribution in [0.4, 0.5) is 16.4 Å². The number of urea groups is 1. The van der Waals surface area contributed by atoms with Gasteiger partial charge in [0.05, 0.1) is 16.3 Å². The highest BCUT2D eigenvalue weighted by Gasteiger charge is 2.10. The van der Waals surface area contributed by atoms with Gasteiger partial charge in [-0.15, -0.1) is 0 Å². The lowest BCUT2D eigenvalue weighted by Crippen LogP contribution is -2.21. The zero-order valence-electron chi connectivity index (χ0n) is 10.0. The van der Waals surface area contributed by atoms with Gasteiger partial charge < -0.3 is 10.4 Å². The van der Waals surface area contributed by atoms with Crippen molar-refractivity contribution in [1.29, 1.82) is 0 Å². The molecule has 2 rings (SSSR count). The number of carbonyl (C=O) groups is 2. The third-order valence-electron chi connectivity index (χ3n) is 2.26. The summed E-state index contributed by atoms with van der Waals surface area (Å²) in [4.78, 5) is 30.1. The number of halogens is 1. The van der Waals surface area contributed by atoms with Gasteiger partial charge in [-0.05, 0) is 24.3 Å². The van der Waals surface area contributed by atoms with Crippen molar-refractivity contribution in [3.05, 3.63) is 47.2 Å². The maximum atomic E-state index is 11.7. The molecule has 0 aliphatic rings. The van der Waals surface area contributed by atoms with E-state index in [-0.39, 0.29) is 22.2 Å². The Morgan fingerprint density at radius 3 is 2.45 bits per heavy atom. The maximum Gasteiger partial charge on any atom is 0.335 e. The molecule has 0 bridgehead atoms. The number of carboxylic acids is 1. The van der Waals surface area contributed by atoms with Crippen LogP contribution in [-0.4, -0.2) is 27.1 Å². The summed E-state index contributed by atoms with van der Waals surface area (Å²) in [6.45, 7) is 0. The fourth-order valence-electron chi connectivity index (χ4n) is 1.37. The number of rotatable bonds is 3. The van der Waals surface area contributed by atoms with E-state index in [0.717, 1.165) is 0 Å². The molecule has 0 unspecified atom stereocenters. The van der Waals surface area contributed by atoms with E-state index in [9.17, 15) is 9.59 Å². The Labute approximate surface area is 118 Å². The normalized spacial score (nSPS) is 9.85. The first-order valence-corrected chi connectivity index (χ1v) is 5.82. The molecule has 2 aromatic rings. The summed E-state index contributed by atoms with van der Waals surface area (Å²) < 4.78 is 0. The first kappa shape index (κ1) is 13.8. The van der Waals surface area contributed by atoms with Crippen LogP contribution in [-0.2, 0) is 0 Å². The van der Waals surface area contributed by atoms with Gasteiger partial charge in [-0.2, -0.15) is 0 Å². The second-order valence-corrected chi connectivity index (χ2v) is 4.06. The number of nitrogens with zero attached hydrogens (tertiary/aromatic N) is 2. The van der Waals surface area contributed by atoms with E-state index in [1.165, 1.54) is 30.6 Å². The van der Waals surface area contributed by atoms with Gasteiger partial charge >= 0.3 is 12.0 Å². The number of carboxylic acid groups (broad SMARTS) is 1. The molecule has 0 atom stereocenters. The molecule has 0 fully saturated rings. The van der Waals surface area contributed by atoms with Gasteiger partial charge in [0.25, 0.3) is 0 Å². The highest BCUT2D eigenvalue weighted by Crippen LogP contribution is 2.23. The van der Waals surface area contributed by atoms with Crippen molar-refractivity contribution in [2.24, 2.45) is 0 Å². The number of aromatic nitrogens is 2. The van der Waals surface area contributed by atoms with Gasteiger partial charge in [0, 0.05) is 12.4 Å². The fourth-order valence-corrected chi connectivity index (χ4v) is 1.60. The first-order valence-electron chi connectivity index (χ1n) is 5.44. The summed E-state index contributed by atoms with van der Waals surface area (Å²) in [6, 6.07) is 5.02. The Kier molecular flexibility index (Phi) is 4.11. The van der Waals surface area contributed by atoms with E-state index in [2.05, 4.69) is 20.6 Å². The molecule has 1 aromatic carbocycles. The minimum atomic E-state index is -1.10. The van der Waals surface area contributed by atoms with Gasteiger partial charge in [0.1, 0.15) is 0 Å². The molecule has 1 heterocycles. The number of nitrogens with one attached hydrogen (secondary N) is 2. The van der Waals surface area contributed by atoms with Gasteiger partial charge in [0.15, 0.2) is 0 Å². The van der Waals surface area contributed by atoms with Crippen molar-refractivity contribution in [3.63, 3.8) is 0 Å². The van der Waals surface area contributed by atoms with E-state index in [1.54, 1.807) is 6.07 Å². The lowest BCUT2D eigenvalue weighted by Gasteiger charge is -2.08. The molecule has 102 valence electrons. The highest BCUT2D eigenvalue weighted by molar-refractivity contribution is 6.34. The standard InChI is InChI=1S/C12H9ClN4O3/c13-8-6-7(10(18)19)2-3-9(8)16-12(20)17-11-14-4-1-5-15-11/h1-6H,(H,18,19)(H2,14,15,16,17,20). The van der Waals surface area contributed by atoms with E-state index in [4.69, 9.17) is 16.7 Å². The summed E-state index contributed by atoms with van der Waals surface area (Å²) in [5.74, 6) is -0.955. The van der Waals surface area contributed by atoms with Crippen LogP contribution in [0.5, 0.6) is 0 Å². The molecule has 0 radical (unpaired) electrons. The van der Waals surface area contributed by atoms with Crippen LogP contribution in [0.25, 0.3) is 0 Å². The molecule has 8 heteroatoms. The number of aromatic carboxylic acids is 1. The van der Waals surface area contributed by atoms with Crippen LogP contribution in [0.3, 0.4) is 0 Å². The van der Waals surface area contributed by atoms with Crippen LogP contribution in [0.2, 0.25) is 5.02 Å². The fraction of sp³-hybridized carbons (Fsp3) is 0. The number of anilines is 2. The first-order chi connectivity index (χ1) is 9.56. The SMILES string of the molecule is O=C(Nc1ncccn1)Nc1ccc(C(=O)O)cc1Cl. The molecule has 0 aliphatic carbocycles. The minimum Gasteiger partial charge on any atom is -0.478 e. The molecule has 0 spiro atoms. The number of hydrogen-bond acceptors (Lipinski definition) is 4. The average molecular weight is 293 g/mol. The molecule has 0 aliphatic heterocycles. The number of hydrogen-bond donors (Lipinski definition) is 3. The topological polar surface area (TPSA) is 104 Å². The van der Waals surface area contributed by atoms with Crippen molar-refractivity contribution < 1.29 is 14.7 Å². The van der Waals surface area contributed by atoms with Crippen molar-refractivity contribution in [2.75, 3.05) is 10.6 Å². The summed E-state index contributed by atoms with van der Waals surface area (Å²) in [5, 5.41) is 13.8. The zero-order chi connectivity index (χ0) is 14.5. The maximum absolute atomic E-state index is 11.7. The second kappa shape index (κ2) is 5.98. The van der Waals surface area contributed by atoms with Crippen molar-refractivity contribution in [3.8, 4) is 0 Å². The molecule has 0 saturated carbocycles. The lowest BCUT2D eigenvalue weighted by molar-refractivity contribution is 0.0697. The third-order valence-corrected chi connectivity index (χ3v) is 2.57. The van der Waals surface area contributed by atoms with Gasteiger partial charge in [-0.25, -0.2) is 19.6 Å². The lowest BCUT2D eigenvalue weighted by atomic mass is 10.2. The summed E-state index contributed by atoms with van der Waals surface area (Å²) in [7, 11) is 0. The molecule has 7 nitrogen and oxygen atoms in total. The number of carbonyl (C=O) groups excluding carboxylic acids is 1. The summed E-state index contributed by atoms with van der Waals surface area (Å²) in [6.07, 6.45) is 2.97. The molecular weight excluding hydrogens is 284 g/mol. The summed E-state index contributed by atoms with van der Waals surface area (Å²) in [5.41, 5.74) is 0.317. The van der Waals surface area contributed by atoms with Crippen molar-refractivity contribution in [2.45, 2.75) is 0 Å². The quantitative estimate of drug-likeness (QED) is 0.806. The van der Waals surface area contributed by atoms with Crippen LogP contribution in [0.1, 0.15) is 10.4 Å². The molecule has 2 amide bonds. The number of amides is 2. The van der Waals surface area contributed by atoms with E-state index in [1.807, 2.05) is 0 Å². The Bertz CT molecular complexity index is 648. The second-order valence-electron chi connectivity index (χ2n) is 3.65. The predicted molar refractivity (Wildman–Crippen MR) is 73.1 cm³/mol. The Morgan fingerprint density at radius 2 is 1.85 bits per heavy atom. The monoisotopic (exact) mass is 292 g/mol. The van der Waals surface area contributed by atoms with E-state index >= 15 is 0 Å². The molecule has 20 heavy (non-hydrogen) atoms.